The van der Waals surface area contributed by atoms with E-state index >= 15 is 0 Å². The Morgan fingerprint density at radius 2 is 2.11 bits per heavy atom. The molecule has 0 radical (unpaired) electrons. The summed E-state index contributed by atoms with van der Waals surface area (Å²) in [6.45, 7) is 0. The van der Waals surface area contributed by atoms with E-state index in [1.54, 1.807) is 0 Å². The standard InChI is InChI=1S/C4H2N4O/c9-3-8-4-6-1-5-2-7-4/h1-2H. The van der Waals surface area contributed by atoms with E-state index in [0.717, 1.165) is 0 Å². The zero-order chi connectivity index (χ0) is 6.53. The summed E-state index contributed by atoms with van der Waals surface area (Å²) >= 11 is 0. The van der Waals surface area contributed by atoms with Crippen molar-refractivity contribution in [1.29, 1.82) is 0 Å². The molecule has 5 nitrogen and oxygen atoms in total. The maximum atomic E-state index is 9.58. The van der Waals surface area contributed by atoms with E-state index < -0.39 is 0 Å². The van der Waals surface area contributed by atoms with Crippen molar-refractivity contribution in [3.63, 3.8) is 0 Å². The third kappa shape index (κ3) is 1.40. The van der Waals surface area contributed by atoms with E-state index in [9.17, 15) is 4.79 Å². The van der Waals surface area contributed by atoms with Gasteiger partial charge in [0.1, 0.15) is 12.7 Å². The molecule has 0 aliphatic rings. The summed E-state index contributed by atoms with van der Waals surface area (Å²) in [6, 6.07) is 0. The minimum Gasteiger partial charge on any atom is -0.225 e. The quantitative estimate of drug-likeness (QED) is 0.383. The molecule has 0 unspecified atom stereocenters. The summed E-state index contributed by atoms with van der Waals surface area (Å²) in [5.41, 5.74) is 0. The molecular weight excluding hydrogens is 120 g/mol. The molecule has 5 heteroatoms. The predicted molar refractivity (Wildman–Crippen MR) is 27.6 cm³/mol. The van der Waals surface area contributed by atoms with E-state index in [1.807, 2.05) is 0 Å². The number of aromatic nitrogens is 3. The van der Waals surface area contributed by atoms with Crippen molar-refractivity contribution in [2.75, 3.05) is 0 Å². The Hall–Kier alpha value is -1.61. The van der Waals surface area contributed by atoms with Crippen LogP contribution in [0.15, 0.2) is 17.6 Å². The first kappa shape index (κ1) is 5.53. The summed E-state index contributed by atoms with van der Waals surface area (Å²) in [6.07, 6.45) is 3.81. The summed E-state index contributed by atoms with van der Waals surface area (Å²) in [5, 5.41) is 0. The van der Waals surface area contributed by atoms with Crippen molar-refractivity contribution in [3.8, 4) is 0 Å². The fourth-order valence-corrected chi connectivity index (χ4v) is 0.332. The number of isocyanates is 1. The van der Waals surface area contributed by atoms with Gasteiger partial charge in [-0.2, -0.15) is 9.97 Å². The van der Waals surface area contributed by atoms with E-state index in [-0.39, 0.29) is 5.95 Å². The highest BCUT2D eigenvalue weighted by Gasteiger charge is 1.84. The number of hydrogen-bond donors (Lipinski definition) is 0. The van der Waals surface area contributed by atoms with Crippen LogP contribution in [0.25, 0.3) is 0 Å². The average Bonchev–Trinajstić information content (AvgIpc) is 1.91. The largest absolute Gasteiger partial charge is 0.263 e. The number of rotatable bonds is 1. The number of aliphatic imine (C=N–C) groups is 1. The first-order chi connectivity index (χ1) is 4.43. The van der Waals surface area contributed by atoms with Gasteiger partial charge in [0.15, 0.2) is 0 Å². The van der Waals surface area contributed by atoms with Gasteiger partial charge in [0.25, 0.3) is 5.95 Å². The van der Waals surface area contributed by atoms with Crippen LogP contribution in [0.4, 0.5) is 5.95 Å². The molecule has 9 heavy (non-hydrogen) atoms. The minimum absolute atomic E-state index is 0.0833. The van der Waals surface area contributed by atoms with Gasteiger partial charge in [-0.1, -0.05) is 0 Å². The molecule has 0 aliphatic heterocycles. The number of carbonyl (C=O) groups excluding carboxylic acids is 1. The molecular formula is C4H2N4O. The second-order valence-electron chi connectivity index (χ2n) is 1.14. The molecule has 0 N–H and O–H groups in total. The lowest BCUT2D eigenvalue weighted by molar-refractivity contribution is 0.565. The average molecular weight is 122 g/mol. The van der Waals surface area contributed by atoms with Crippen molar-refractivity contribution in [2.45, 2.75) is 0 Å². The third-order valence-electron chi connectivity index (χ3n) is 0.625. The highest BCUT2D eigenvalue weighted by atomic mass is 16.1. The molecule has 0 atom stereocenters. The van der Waals surface area contributed by atoms with Crippen molar-refractivity contribution in [2.24, 2.45) is 4.99 Å². The highest BCUT2D eigenvalue weighted by molar-refractivity contribution is 5.40. The Morgan fingerprint density at radius 1 is 1.44 bits per heavy atom. The van der Waals surface area contributed by atoms with Crippen LogP contribution >= 0.6 is 0 Å². The molecule has 0 spiro atoms. The van der Waals surface area contributed by atoms with Crippen LogP contribution < -0.4 is 0 Å². The molecule has 0 bridgehead atoms. The van der Waals surface area contributed by atoms with Gasteiger partial charge in [-0.05, 0) is 0 Å². The SMILES string of the molecule is O=C=Nc1ncncn1. The van der Waals surface area contributed by atoms with Crippen LogP contribution in [-0.2, 0) is 4.79 Å². The molecule has 0 aromatic carbocycles. The molecule has 1 aromatic rings. The first-order valence-electron chi connectivity index (χ1n) is 2.13. The van der Waals surface area contributed by atoms with E-state index in [2.05, 4.69) is 19.9 Å². The molecule has 1 rings (SSSR count). The van der Waals surface area contributed by atoms with E-state index in [1.165, 1.54) is 18.7 Å². The Morgan fingerprint density at radius 3 is 2.67 bits per heavy atom. The number of nitrogens with zero attached hydrogens (tertiary/aromatic N) is 4. The summed E-state index contributed by atoms with van der Waals surface area (Å²) in [5.74, 6) is 0.0833. The Balaban J connectivity index is 2.97. The van der Waals surface area contributed by atoms with E-state index in [4.69, 9.17) is 0 Å². The first-order valence-corrected chi connectivity index (χ1v) is 2.13. The number of hydrogen-bond acceptors (Lipinski definition) is 5. The van der Waals surface area contributed by atoms with Gasteiger partial charge in [0.2, 0.25) is 6.08 Å². The van der Waals surface area contributed by atoms with Gasteiger partial charge < -0.3 is 0 Å². The Bertz CT molecular complexity index is 228. The molecule has 0 amide bonds. The predicted octanol–water partition coefficient (Wildman–Crippen LogP) is -0.161. The lowest BCUT2D eigenvalue weighted by Gasteiger charge is -1.80. The molecule has 1 aromatic heterocycles. The molecule has 0 saturated carbocycles. The van der Waals surface area contributed by atoms with Gasteiger partial charge >= 0.3 is 0 Å². The van der Waals surface area contributed by atoms with Crippen molar-refractivity contribution < 1.29 is 4.79 Å². The second kappa shape index (κ2) is 2.64. The molecule has 0 aliphatic carbocycles. The van der Waals surface area contributed by atoms with Gasteiger partial charge in [0, 0.05) is 0 Å². The van der Waals surface area contributed by atoms with Crippen LogP contribution in [-0.4, -0.2) is 21.0 Å². The zero-order valence-corrected chi connectivity index (χ0v) is 4.35. The van der Waals surface area contributed by atoms with Crippen molar-refractivity contribution in [3.05, 3.63) is 12.7 Å². The lowest BCUT2D eigenvalue weighted by atomic mass is 10.9. The van der Waals surface area contributed by atoms with Crippen LogP contribution in [0, 0.1) is 0 Å². The molecule has 44 valence electrons. The van der Waals surface area contributed by atoms with Crippen molar-refractivity contribution >= 4 is 12.0 Å². The van der Waals surface area contributed by atoms with Gasteiger partial charge in [-0.15, -0.1) is 4.99 Å². The van der Waals surface area contributed by atoms with Crippen LogP contribution in [0.2, 0.25) is 0 Å². The van der Waals surface area contributed by atoms with Gasteiger partial charge in [-0.25, -0.2) is 9.78 Å². The summed E-state index contributed by atoms with van der Waals surface area (Å²) < 4.78 is 0. The fraction of sp³-hybridized carbons (Fsp3) is 0. The second-order valence-corrected chi connectivity index (χ2v) is 1.14. The van der Waals surface area contributed by atoms with Crippen LogP contribution in [0.1, 0.15) is 0 Å². The fourth-order valence-electron chi connectivity index (χ4n) is 0.332. The van der Waals surface area contributed by atoms with Crippen molar-refractivity contribution in [1.82, 2.24) is 15.0 Å². The molecule has 0 saturated heterocycles. The monoisotopic (exact) mass is 122 g/mol. The maximum absolute atomic E-state index is 9.58. The smallest absolute Gasteiger partial charge is 0.225 e. The summed E-state index contributed by atoms with van der Waals surface area (Å²) in [4.78, 5) is 23.3. The topological polar surface area (TPSA) is 68.1 Å². The van der Waals surface area contributed by atoms with E-state index in [0.29, 0.717) is 0 Å². The van der Waals surface area contributed by atoms with Gasteiger partial charge in [0.05, 0.1) is 0 Å². The molecule has 0 fully saturated rings. The summed E-state index contributed by atoms with van der Waals surface area (Å²) in [7, 11) is 0. The Kier molecular flexibility index (Phi) is 1.62. The molecule has 1 heterocycles. The van der Waals surface area contributed by atoms with Crippen LogP contribution in [0.3, 0.4) is 0 Å². The maximum Gasteiger partial charge on any atom is 0.263 e. The minimum atomic E-state index is 0.0833. The highest BCUT2D eigenvalue weighted by Crippen LogP contribution is 1.93. The lowest BCUT2D eigenvalue weighted by Crippen LogP contribution is -1.79. The Labute approximate surface area is 50.5 Å². The zero-order valence-electron chi connectivity index (χ0n) is 4.35. The third-order valence-corrected chi connectivity index (χ3v) is 0.625. The van der Waals surface area contributed by atoms with Crippen LogP contribution in [0.5, 0.6) is 0 Å². The van der Waals surface area contributed by atoms with Gasteiger partial charge in [-0.3, -0.25) is 0 Å². The normalized spacial score (nSPS) is 8.00.